The molecule has 3 heterocycles. The van der Waals surface area contributed by atoms with E-state index >= 15 is 0 Å². The topological polar surface area (TPSA) is 122 Å². The third-order valence-corrected chi connectivity index (χ3v) is 10.2. The number of fused-ring (bicyclic) bond motifs is 1. The predicted octanol–water partition coefficient (Wildman–Crippen LogP) is 10.7. The van der Waals surface area contributed by atoms with E-state index in [0.717, 1.165) is 24.3 Å². The smallest absolute Gasteiger partial charge is 0.435 e. The van der Waals surface area contributed by atoms with Crippen LogP contribution in [0.15, 0.2) is 83.1 Å². The molecule has 4 aromatic rings. The summed E-state index contributed by atoms with van der Waals surface area (Å²) in [7, 11) is 1.18. The van der Waals surface area contributed by atoms with Crippen molar-refractivity contribution in [1.82, 2.24) is 0 Å². The fraction of sp³-hybridized carbons (Fsp3) is 0.256. The number of esters is 3. The Labute approximate surface area is 350 Å². The molecule has 4 aromatic carbocycles. The Kier molecular flexibility index (Phi) is 12.2. The number of benzene rings is 4. The van der Waals surface area contributed by atoms with E-state index in [1.165, 1.54) is 56.5 Å². The molecule has 59 heavy (non-hydrogen) atoms. The number of halogens is 10. The Morgan fingerprint density at radius 3 is 1.66 bits per heavy atom. The molecule has 2 atom stereocenters. The molecule has 0 radical (unpaired) electrons. The molecule has 3 aliphatic rings. The van der Waals surface area contributed by atoms with Crippen LogP contribution >= 0.6 is 46.4 Å². The average Bonchev–Trinajstić information content (AvgIpc) is 3.91. The number of carbonyl (C=O) groups excluding carboxylic acids is 3. The van der Waals surface area contributed by atoms with Gasteiger partial charge in [0.1, 0.15) is 13.2 Å². The summed E-state index contributed by atoms with van der Waals surface area (Å²) in [6, 6.07) is 16.0. The third kappa shape index (κ3) is 8.81. The lowest BCUT2D eigenvalue weighted by Crippen LogP contribution is -2.42. The largest absolute Gasteiger partial charge is 0.465 e. The molecule has 3 aliphatic heterocycles. The lowest BCUT2D eigenvalue weighted by molar-refractivity contribution is -0.276. The number of hydrogen-bond acceptors (Lipinski definition) is 10. The van der Waals surface area contributed by atoms with Crippen molar-refractivity contribution >= 4 is 75.7 Å². The van der Waals surface area contributed by atoms with E-state index in [1.807, 2.05) is 0 Å². The van der Waals surface area contributed by atoms with Crippen LogP contribution in [0.25, 0.3) is 0 Å². The van der Waals surface area contributed by atoms with Gasteiger partial charge in [0.05, 0.1) is 29.7 Å². The first-order valence-electron chi connectivity index (χ1n) is 16.9. The first-order valence-corrected chi connectivity index (χ1v) is 18.4. The molecule has 10 nitrogen and oxygen atoms in total. The van der Waals surface area contributed by atoms with Gasteiger partial charge in [-0.25, -0.2) is 9.59 Å². The standard InChI is InChI=1S/C21H16Cl2F3NO5.C18H10Cl2F3NO3/c1-11(28)31-10-13-5-12(3-4-17(13)19(29)30-2)18-9-20(32-27-18,21(24,25)26)14-6-15(22)8-16(23)7-14;19-12-4-11(5-13(20)6-12)17(18(21,22)23)7-15(24-27-17)9-1-2-14-10(3-9)8-26-16(14)25/h3-8H,9-10H2,1-2H3;1-6H,7-8H2. The van der Waals surface area contributed by atoms with Crippen LogP contribution in [0, 0.1) is 0 Å². The van der Waals surface area contributed by atoms with Crippen LogP contribution in [0.1, 0.15) is 73.9 Å². The first kappa shape index (κ1) is 43.5. The molecule has 0 spiro atoms. The summed E-state index contributed by atoms with van der Waals surface area (Å²) in [6.07, 6.45) is -10.8. The minimum atomic E-state index is -4.85. The number of alkyl halides is 6. The molecule has 2 unspecified atom stereocenters. The number of oxime groups is 2. The summed E-state index contributed by atoms with van der Waals surface area (Å²) in [5.74, 6) is -1.75. The third-order valence-electron chi connectivity index (χ3n) is 9.32. The maximum Gasteiger partial charge on any atom is 0.435 e. The van der Waals surface area contributed by atoms with Gasteiger partial charge in [-0.3, -0.25) is 4.79 Å². The quantitative estimate of drug-likeness (QED) is 0.102. The van der Waals surface area contributed by atoms with Crippen LogP contribution in [0.3, 0.4) is 0 Å². The van der Waals surface area contributed by atoms with Crippen LogP contribution in [-0.2, 0) is 53.1 Å². The molecule has 0 fully saturated rings. The predicted molar refractivity (Wildman–Crippen MR) is 202 cm³/mol. The summed E-state index contributed by atoms with van der Waals surface area (Å²) in [5.41, 5.74) is -3.95. The molecule has 0 amide bonds. The molecule has 20 heteroatoms. The Balaban J connectivity index is 0.000000201. The number of nitrogens with zero attached hydrogens (tertiary/aromatic N) is 2. The van der Waals surface area contributed by atoms with Gasteiger partial charge in [-0.2, -0.15) is 26.3 Å². The van der Waals surface area contributed by atoms with Gasteiger partial charge in [0.2, 0.25) is 0 Å². The summed E-state index contributed by atoms with van der Waals surface area (Å²) >= 11 is 23.6. The van der Waals surface area contributed by atoms with Crippen LogP contribution in [0.5, 0.6) is 0 Å². The van der Waals surface area contributed by atoms with Crippen molar-refractivity contribution in [2.75, 3.05) is 7.11 Å². The van der Waals surface area contributed by atoms with Gasteiger partial charge in [0, 0.05) is 62.1 Å². The number of ether oxygens (including phenoxy) is 3. The van der Waals surface area contributed by atoms with Crippen molar-refractivity contribution in [2.45, 2.75) is 56.5 Å². The van der Waals surface area contributed by atoms with Gasteiger partial charge >= 0.3 is 30.3 Å². The summed E-state index contributed by atoms with van der Waals surface area (Å²) in [6.45, 7) is 0.977. The van der Waals surface area contributed by atoms with Crippen LogP contribution in [0.4, 0.5) is 26.3 Å². The highest BCUT2D eigenvalue weighted by molar-refractivity contribution is 6.35. The monoisotopic (exact) mass is 904 g/mol. The molecular weight excluding hydrogens is 880 g/mol. The van der Waals surface area contributed by atoms with Crippen molar-refractivity contribution < 1.29 is 64.6 Å². The second-order valence-corrected chi connectivity index (χ2v) is 14.9. The van der Waals surface area contributed by atoms with E-state index in [1.54, 1.807) is 6.07 Å². The second kappa shape index (κ2) is 16.6. The molecular formula is C39H26Cl4F6N2O8. The van der Waals surface area contributed by atoms with E-state index < -0.39 is 54.3 Å². The number of cyclic esters (lactones) is 1. The lowest BCUT2D eigenvalue weighted by Gasteiger charge is -2.29. The average molecular weight is 906 g/mol. The molecule has 0 N–H and O–H groups in total. The van der Waals surface area contributed by atoms with Crippen molar-refractivity contribution in [1.29, 1.82) is 0 Å². The van der Waals surface area contributed by atoms with Gasteiger partial charge < -0.3 is 23.9 Å². The van der Waals surface area contributed by atoms with E-state index in [9.17, 15) is 40.7 Å². The van der Waals surface area contributed by atoms with E-state index in [4.69, 9.17) is 70.3 Å². The highest BCUT2D eigenvalue weighted by Crippen LogP contribution is 2.51. The number of hydrogen-bond donors (Lipinski definition) is 0. The molecule has 0 saturated carbocycles. The molecule has 310 valence electrons. The molecule has 7 rings (SSSR count). The van der Waals surface area contributed by atoms with E-state index in [2.05, 4.69) is 10.3 Å². The lowest BCUT2D eigenvalue weighted by atomic mass is 9.86. The van der Waals surface area contributed by atoms with Crippen molar-refractivity contribution in [2.24, 2.45) is 10.3 Å². The highest BCUT2D eigenvalue weighted by atomic mass is 35.5. The van der Waals surface area contributed by atoms with E-state index in [0.29, 0.717) is 16.7 Å². The molecule has 0 bridgehead atoms. The van der Waals surface area contributed by atoms with Crippen molar-refractivity contribution in [3.63, 3.8) is 0 Å². The Bertz CT molecular complexity index is 2380. The van der Waals surface area contributed by atoms with Crippen molar-refractivity contribution in [3.05, 3.63) is 137 Å². The fourth-order valence-corrected chi connectivity index (χ4v) is 7.44. The number of methoxy groups -OCH3 is 1. The Morgan fingerprint density at radius 2 is 1.20 bits per heavy atom. The zero-order valence-electron chi connectivity index (χ0n) is 30.2. The number of carbonyl (C=O) groups is 3. The van der Waals surface area contributed by atoms with Gasteiger partial charge in [0.25, 0.3) is 11.2 Å². The molecule has 0 aromatic heterocycles. The van der Waals surface area contributed by atoms with Gasteiger partial charge in [-0.1, -0.05) is 68.8 Å². The zero-order valence-corrected chi connectivity index (χ0v) is 33.2. The second-order valence-electron chi connectivity index (χ2n) is 13.2. The maximum absolute atomic E-state index is 14.2. The van der Waals surface area contributed by atoms with Gasteiger partial charge in [-0.15, -0.1) is 0 Å². The first-order chi connectivity index (χ1) is 27.7. The Hall–Kier alpha value is -5.03. The fourth-order valence-electron chi connectivity index (χ4n) is 6.39. The summed E-state index contributed by atoms with van der Waals surface area (Å²) in [4.78, 5) is 44.7. The zero-order chi connectivity index (χ0) is 43.1. The van der Waals surface area contributed by atoms with E-state index in [-0.39, 0.29) is 72.5 Å². The SMILES string of the molecule is COC(=O)c1ccc(C2=NOC(c3cc(Cl)cc(Cl)c3)(C(F)(F)F)C2)cc1COC(C)=O.O=C1OCc2cc(C3=NOC(c4cc(Cl)cc(Cl)c4)(C(F)(F)F)C3)ccc21. The van der Waals surface area contributed by atoms with Gasteiger partial charge in [0.15, 0.2) is 0 Å². The maximum atomic E-state index is 14.2. The van der Waals surface area contributed by atoms with Crippen LogP contribution in [0.2, 0.25) is 20.1 Å². The summed E-state index contributed by atoms with van der Waals surface area (Å²) in [5, 5.41) is 7.52. The number of rotatable bonds is 7. The van der Waals surface area contributed by atoms with Gasteiger partial charge in [-0.05, 0) is 71.8 Å². The minimum absolute atomic E-state index is 0.0132. The summed E-state index contributed by atoms with van der Waals surface area (Å²) < 4.78 is 99.0. The van der Waals surface area contributed by atoms with Crippen molar-refractivity contribution in [3.8, 4) is 0 Å². The minimum Gasteiger partial charge on any atom is -0.465 e. The highest BCUT2D eigenvalue weighted by Gasteiger charge is 2.63. The molecule has 0 saturated heterocycles. The Morgan fingerprint density at radius 1 is 0.729 bits per heavy atom. The normalized spacial score (nSPS) is 19.6. The molecule has 0 aliphatic carbocycles. The van der Waals surface area contributed by atoms with Crippen LogP contribution in [-0.4, -0.2) is 48.8 Å². The van der Waals surface area contributed by atoms with Crippen LogP contribution < -0.4 is 0 Å².